The second kappa shape index (κ2) is 6.55. The molecule has 1 aliphatic rings. The van der Waals surface area contributed by atoms with E-state index >= 15 is 0 Å². The van der Waals surface area contributed by atoms with Crippen LogP contribution in [-0.4, -0.2) is 27.5 Å². The molecule has 1 amide bonds. The Hall–Kier alpha value is -2.88. The highest BCUT2D eigenvalue weighted by Crippen LogP contribution is 2.35. The molecule has 0 aliphatic carbocycles. The molecule has 25 heavy (non-hydrogen) atoms. The molecule has 4 rings (SSSR count). The number of amides is 1. The molecule has 0 bridgehead atoms. The lowest BCUT2D eigenvalue weighted by molar-refractivity contribution is -0.132. The fourth-order valence-corrected chi connectivity index (χ4v) is 3.65. The third-order valence-corrected chi connectivity index (χ3v) is 4.81. The van der Waals surface area contributed by atoms with Crippen LogP contribution < -0.4 is 0 Å². The maximum atomic E-state index is 13.0. The first-order valence-corrected chi connectivity index (χ1v) is 8.65. The van der Waals surface area contributed by atoms with Crippen LogP contribution in [0.3, 0.4) is 0 Å². The molecule has 1 aromatic heterocycles. The van der Waals surface area contributed by atoms with E-state index in [1.165, 1.54) is 11.1 Å². The number of nitrogens with zero attached hydrogens (tertiary/aromatic N) is 2. The number of fused-ring (bicyclic) bond motifs is 1. The van der Waals surface area contributed by atoms with Crippen molar-refractivity contribution >= 4 is 5.91 Å². The zero-order chi connectivity index (χ0) is 17.2. The van der Waals surface area contributed by atoms with Crippen LogP contribution in [0.5, 0.6) is 0 Å². The van der Waals surface area contributed by atoms with Crippen molar-refractivity contribution in [3.05, 3.63) is 88.7 Å². The van der Waals surface area contributed by atoms with Crippen molar-refractivity contribution in [2.45, 2.75) is 25.8 Å². The van der Waals surface area contributed by atoms with Crippen molar-refractivity contribution in [1.82, 2.24) is 15.1 Å². The zero-order valence-electron chi connectivity index (χ0n) is 14.3. The summed E-state index contributed by atoms with van der Waals surface area (Å²) in [6.45, 7) is 2.68. The number of aromatic amines is 1. The summed E-state index contributed by atoms with van der Waals surface area (Å²) < 4.78 is 0. The summed E-state index contributed by atoms with van der Waals surface area (Å²) in [5.74, 6) is 0.120. The maximum Gasteiger partial charge on any atom is 0.229 e. The highest BCUT2D eigenvalue weighted by Gasteiger charge is 2.31. The van der Waals surface area contributed by atoms with Crippen LogP contribution in [-0.2, 0) is 17.6 Å². The second-order valence-corrected chi connectivity index (χ2v) is 6.57. The number of aryl methyl sites for hydroxylation is 1. The van der Waals surface area contributed by atoms with E-state index in [1.807, 2.05) is 36.1 Å². The van der Waals surface area contributed by atoms with E-state index < -0.39 is 0 Å². The van der Waals surface area contributed by atoms with E-state index in [9.17, 15) is 4.79 Å². The van der Waals surface area contributed by atoms with Gasteiger partial charge in [0.1, 0.15) is 0 Å². The molecule has 0 saturated heterocycles. The van der Waals surface area contributed by atoms with Gasteiger partial charge in [-0.1, -0.05) is 54.6 Å². The minimum absolute atomic E-state index is 0.0290. The average Bonchev–Trinajstić information content (AvgIpc) is 3.06. The Kier molecular flexibility index (Phi) is 4.10. The standard InChI is InChI=1S/C21H21N3O/c1-15-13-18(23-22-15)14-20(25)24-12-11-16-7-5-6-10-19(16)21(24)17-8-3-2-4-9-17/h2-10,13,21H,11-12,14H2,1H3,(H,22,23)/t21-/m0/s1. The van der Waals surface area contributed by atoms with Gasteiger partial charge in [0.25, 0.3) is 0 Å². The Morgan fingerprint density at radius 3 is 2.68 bits per heavy atom. The number of H-pyrrole nitrogens is 1. The number of benzene rings is 2. The van der Waals surface area contributed by atoms with Gasteiger partial charge in [-0.25, -0.2) is 0 Å². The quantitative estimate of drug-likeness (QED) is 0.799. The smallest absolute Gasteiger partial charge is 0.229 e. The molecule has 3 aromatic rings. The third kappa shape index (κ3) is 3.07. The predicted octanol–water partition coefficient (Wildman–Crippen LogP) is 3.43. The molecule has 4 heteroatoms. The van der Waals surface area contributed by atoms with Crippen molar-refractivity contribution in [1.29, 1.82) is 0 Å². The lowest BCUT2D eigenvalue weighted by Crippen LogP contribution is -2.41. The molecule has 1 aliphatic heterocycles. The number of carbonyl (C=O) groups excluding carboxylic acids is 1. The van der Waals surface area contributed by atoms with E-state index in [0.29, 0.717) is 6.42 Å². The molecule has 0 unspecified atom stereocenters. The van der Waals surface area contributed by atoms with E-state index in [2.05, 4.69) is 46.6 Å². The first kappa shape index (κ1) is 15.6. The lowest BCUT2D eigenvalue weighted by Gasteiger charge is -2.37. The van der Waals surface area contributed by atoms with Crippen molar-refractivity contribution in [2.75, 3.05) is 6.54 Å². The van der Waals surface area contributed by atoms with Gasteiger partial charge in [-0.3, -0.25) is 9.89 Å². The molecule has 0 saturated carbocycles. The Bertz CT molecular complexity index is 885. The predicted molar refractivity (Wildman–Crippen MR) is 97.2 cm³/mol. The topological polar surface area (TPSA) is 49.0 Å². The Labute approximate surface area is 147 Å². The Balaban J connectivity index is 1.69. The largest absolute Gasteiger partial charge is 0.331 e. The third-order valence-electron chi connectivity index (χ3n) is 4.81. The molecule has 126 valence electrons. The van der Waals surface area contributed by atoms with Crippen LogP contribution in [0.15, 0.2) is 60.7 Å². The van der Waals surface area contributed by atoms with Gasteiger partial charge < -0.3 is 4.90 Å². The number of hydrogen-bond acceptors (Lipinski definition) is 2. The lowest BCUT2D eigenvalue weighted by atomic mass is 9.88. The summed E-state index contributed by atoms with van der Waals surface area (Å²) in [5, 5.41) is 7.13. The molecule has 0 radical (unpaired) electrons. The molecule has 1 atom stereocenters. The van der Waals surface area contributed by atoms with Gasteiger partial charge in [0.15, 0.2) is 0 Å². The highest BCUT2D eigenvalue weighted by atomic mass is 16.2. The molecule has 4 nitrogen and oxygen atoms in total. The van der Waals surface area contributed by atoms with E-state index in [4.69, 9.17) is 0 Å². The van der Waals surface area contributed by atoms with Crippen molar-refractivity contribution in [3.8, 4) is 0 Å². The van der Waals surface area contributed by atoms with Gasteiger partial charge in [-0.15, -0.1) is 0 Å². The summed E-state index contributed by atoms with van der Waals surface area (Å²) in [6.07, 6.45) is 1.22. The average molecular weight is 331 g/mol. The van der Waals surface area contributed by atoms with Crippen molar-refractivity contribution in [3.63, 3.8) is 0 Å². The van der Waals surface area contributed by atoms with Crippen LogP contribution in [0.2, 0.25) is 0 Å². The zero-order valence-corrected chi connectivity index (χ0v) is 14.3. The van der Waals surface area contributed by atoms with E-state index in [0.717, 1.165) is 29.9 Å². The summed E-state index contributed by atoms with van der Waals surface area (Å²) in [6, 6.07) is 20.6. The summed E-state index contributed by atoms with van der Waals surface area (Å²) >= 11 is 0. The fraction of sp³-hybridized carbons (Fsp3) is 0.238. The fourth-order valence-electron chi connectivity index (χ4n) is 3.65. The SMILES string of the molecule is Cc1cc(CC(=O)N2CCc3ccccc3[C@@H]2c2ccccc2)n[nH]1. The Morgan fingerprint density at radius 1 is 1.16 bits per heavy atom. The van der Waals surface area contributed by atoms with Crippen LogP contribution >= 0.6 is 0 Å². The molecular formula is C21H21N3O. The van der Waals surface area contributed by atoms with Crippen molar-refractivity contribution in [2.24, 2.45) is 0 Å². The van der Waals surface area contributed by atoms with Gasteiger partial charge in [-0.2, -0.15) is 5.10 Å². The number of hydrogen-bond donors (Lipinski definition) is 1. The molecular weight excluding hydrogens is 310 g/mol. The van der Waals surface area contributed by atoms with Gasteiger partial charge in [0, 0.05) is 12.2 Å². The first-order chi connectivity index (χ1) is 12.2. The number of nitrogens with one attached hydrogen (secondary N) is 1. The number of rotatable bonds is 3. The van der Waals surface area contributed by atoms with Gasteiger partial charge in [-0.05, 0) is 36.1 Å². The number of carbonyl (C=O) groups is 1. The molecule has 0 fully saturated rings. The summed E-state index contributed by atoms with van der Waals surface area (Å²) in [4.78, 5) is 15.0. The van der Waals surface area contributed by atoms with Crippen LogP contribution in [0.1, 0.15) is 34.1 Å². The van der Waals surface area contributed by atoms with Gasteiger partial charge >= 0.3 is 0 Å². The normalized spacial score (nSPS) is 16.5. The van der Waals surface area contributed by atoms with E-state index in [-0.39, 0.29) is 11.9 Å². The minimum Gasteiger partial charge on any atom is -0.331 e. The monoisotopic (exact) mass is 331 g/mol. The van der Waals surface area contributed by atoms with Crippen molar-refractivity contribution < 1.29 is 4.79 Å². The first-order valence-electron chi connectivity index (χ1n) is 8.65. The molecule has 2 aromatic carbocycles. The maximum absolute atomic E-state index is 13.0. The number of aromatic nitrogens is 2. The van der Waals surface area contributed by atoms with Gasteiger partial charge in [0.2, 0.25) is 5.91 Å². The van der Waals surface area contributed by atoms with Crippen LogP contribution in [0.25, 0.3) is 0 Å². The molecule has 0 spiro atoms. The Morgan fingerprint density at radius 2 is 1.92 bits per heavy atom. The van der Waals surface area contributed by atoms with Crippen LogP contribution in [0, 0.1) is 6.92 Å². The second-order valence-electron chi connectivity index (χ2n) is 6.57. The molecule has 2 heterocycles. The van der Waals surface area contributed by atoms with Crippen LogP contribution in [0.4, 0.5) is 0 Å². The highest BCUT2D eigenvalue weighted by molar-refractivity contribution is 5.80. The molecule has 1 N–H and O–H groups in total. The summed E-state index contributed by atoms with van der Waals surface area (Å²) in [7, 11) is 0. The van der Waals surface area contributed by atoms with E-state index in [1.54, 1.807) is 0 Å². The summed E-state index contributed by atoms with van der Waals surface area (Å²) in [5.41, 5.74) is 5.49. The van der Waals surface area contributed by atoms with Gasteiger partial charge in [0.05, 0.1) is 18.2 Å². The minimum atomic E-state index is -0.0290.